The molecule has 29 nitrogen and oxygen atoms in total. The van der Waals surface area contributed by atoms with Gasteiger partial charge >= 0.3 is 6.03 Å². The van der Waals surface area contributed by atoms with Crippen molar-refractivity contribution in [2.45, 2.75) is 191 Å². The monoisotopic (exact) mass is 1460 g/mol. The number of nitrogens with two attached hydrogens (primary N) is 5. The first-order valence-corrected chi connectivity index (χ1v) is 35.3. The molecule has 0 unspecified atom stereocenters. The number of pyridine rings is 1. The molecule has 1 saturated heterocycles. The first kappa shape index (κ1) is 83.3. The number of benzene rings is 4. The van der Waals surface area contributed by atoms with E-state index >= 15 is 28.8 Å². The number of hydrogen-bond donors (Lipinski definition) is 13. The lowest BCUT2D eigenvalue weighted by Crippen LogP contribution is -2.74. The summed E-state index contributed by atoms with van der Waals surface area (Å²) in [6.45, 7) is 8.49. The van der Waals surface area contributed by atoms with Gasteiger partial charge in [0.05, 0.1) is 36.8 Å². The first-order valence-electron chi connectivity index (χ1n) is 35.0. The number of fused-ring (bicyclic) bond motifs is 1. The van der Waals surface area contributed by atoms with E-state index in [1.165, 1.54) is 60.9 Å². The highest BCUT2D eigenvalue weighted by atomic mass is 35.5. The van der Waals surface area contributed by atoms with Crippen LogP contribution in [0.5, 0.6) is 5.75 Å². The summed E-state index contributed by atoms with van der Waals surface area (Å²) in [6.07, 6.45) is 2.40. The summed E-state index contributed by atoms with van der Waals surface area (Å²) in [7, 11) is 0. The topological polar surface area (TPSA) is 470 Å². The summed E-state index contributed by atoms with van der Waals surface area (Å²) >= 11 is 6.29. The van der Waals surface area contributed by atoms with Gasteiger partial charge in [-0.2, -0.15) is 0 Å². The molecule has 10 atom stereocenters. The standard InChI is InChI=1S/C74H100ClN15O14/c1-43(2)35-59(85-64(95)54(76)18-9-12-33-83-73(80)104)69(100)89(70(101)60(39-47-24-29-53(93)30-25-47)86-66(97)61(42-91)87-65(96)56(78)38-49-15-13-31-81-41-49)72(103)74(6,63(94)58(84-45(5)92)40-48-21-26-50-16-7-8-17-51(50)36-48)90(68(99)57(79)37-46-22-27-52(75)28-23-46)71(102)62-20-14-34-88(62)67(98)55(77)19-10-11-32-82-44(3)4/h7-8,13,15-17,21-31,36,41,43-44,54-62,82,91,93H,9-12,14,18-20,32-35,37-40,42,76-79H2,1-6H3,(H,84,92)(H,85,95)(H,86,97)(H,87,96)(H3,80,83,104)/t54-,55+,56-,57-,58-,59+,60+,61+,62+,74-/m1/s1. The van der Waals surface area contributed by atoms with Crippen molar-refractivity contribution in [3.8, 4) is 5.75 Å². The van der Waals surface area contributed by atoms with Gasteiger partial charge in [0.25, 0.3) is 23.6 Å². The Labute approximate surface area is 610 Å². The highest BCUT2D eigenvalue weighted by molar-refractivity contribution is 6.30. The van der Waals surface area contributed by atoms with E-state index in [-0.39, 0.29) is 83.8 Å². The molecule has 1 aromatic heterocycles. The lowest BCUT2D eigenvalue weighted by molar-refractivity contribution is -0.174. The van der Waals surface area contributed by atoms with Crippen LogP contribution in [0.25, 0.3) is 10.8 Å². The molecule has 18 N–H and O–H groups in total. The van der Waals surface area contributed by atoms with Crippen LogP contribution in [0.4, 0.5) is 4.79 Å². The number of phenolic OH excluding ortho intramolecular Hbond substituents is 1. The van der Waals surface area contributed by atoms with Crippen molar-refractivity contribution in [3.05, 3.63) is 143 Å². The number of phenols is 1. The predicted octanol–water partition coefficient (Wildman–Crippen LogP) is 1.73. The molecule has 0 bridgehead atoms. The number of primary amides is 1. The average molecular weight is 1460 g/mol. The first-order chi connectivity index (χ1) is 49.3. The SMILES string of the molecule is CC(=O)N[C@H](Cc1ccc2ccccc2c1)C(=O)[C@](C)(C(=O)N(C(=O)[C@H](CC(C)C)NC(=O)[C@H](N)CCCCNC(N)=O)C(=O)[C@H](Cc1ccc(O)cc1)NC(=O)[C@H](CO)NC(=O)[C@H](N)Cc1cccnc1)N(C(=O)[C@H](N)Cc1ccc(Cl)cc1)C(=O)[C@@H]1CCCN1C(=O)[C@@H](N)CCCCNC(C)C. The van der Waals surface area contributed by atoms with Crippen LogP contribution < -0.4 is 60.6 Å². The van der Waals surface area contributed by atoms with Crippen LogP contribution >= 0.6 is 11.6 Å². The molecule has 1 fully saturated rings. The number of halogens is 1. The number of carbonyl (C=O) groups is 12. The van der Waals surface area contributed by atoms with E-state index in [0.29, 0.717) is 47.9 Å². The fourth-order valence-corrected chi connectivity index (χ4v) is 12.5. The van der Waals surface area contributed by atoms with Gasteiger partial charge in [-0.3, -0.25) is 62.6 Å². The number of aliphatic hydroxyl groups excluding tert-OH is 1. The lowest BCUT2D eigenvalue weighted by atomic mass is 9.83. The molecule has 6 rings (SSSR count). The fraction of sp³-hybridized carbons (Fsp3) is 0.473. The van der Waals surface area contributed by atoms with Crippen LogP contribution in [0.2, 0.25) is 5.02 Å². The number of rotatable bonds is 38. The molecular weight excluding hydrogens is 1360 g/mol. The number of nitrogens with one attached hydrogen (secondary N) is 6. The van der Waals surface area contributed by atoms with Gasteiger partial charge < -0.3 is 75.7 Å². The summed E-state index contributed by atoms with van der Waals surface area (Å²) in [4.78, 5) is 189. The Balaban J connectivity index is 1.65. The van der Waals surface area contributed by atoms with Crippen LogP contribution in [0.1, 0.15) is 122 Å². The number of ketones is 1. The van der Waals surface area contributed by atoms with Crippen molar-refractivity contribution in [1.29, 1.82) is 0 Å². The van der Waals surface area contributed by atoms with Gasteiger partial charge in [-0.05, 0) is 153 Å². The Kier molecular flexibility index (Phi) is 31.9. The zero-order chi connectivity index (χ0) is 76.5. The molecule has 0 spiro atoms. The molecule has 30 heteroatoms. The van der Waals surface area contributed by atoms with Crippen LogP contribution in [0.15, 0.2) is 116 Å². The predicted molar refractivity (Wildman–Crippen MR) is 390 cm³/mol. The summed E-state index contributed by atoms with van der Waals surface area (Å²) in [5.74, 6) is -15.5. The van der Waals surface area contributed by atoms with E-state index in [4.69, 9.17) is 40.3 Å². The average Bonchev–Trinajstić information content (AvgIpc) is 0.942. The molecule has 2 heterocycles. The second-order valence-electron chi connectivity index (χ2n) is 27.2. The Morgan fingerprint density at radius 2 is 1.20 bits per heavy atom. The minimum atomic E-state index is -3.59. The quantitative estimate of drug-likeness (QED) is 0.0198. The van der Waals surface area contributed by atoms with E-state index in [1.54, 1.807) is 62.4 Å². The number of amides is 12. The van der Waals surface area contributed by atoms with Crippen molar-refractivity contribution >= 4 is 93.3 Å². The minimum Gasteiger partial charge on any atom is -0.508 e. The number of carbonyl (C=O) groups excluding carboxylic acids is 12. The van der Waals surface area contributed by atoms with Crippen LogP contribution in [0.3, 0.4) is 0 Å². The zero-order valence-electron chi connectivity index (χ0n) is 59.7. The van der Waals surface area contributed by atoms with Crippen molar-refractivity contribution in [2.24, 2.45) is 34.6 Å². The summed E-state index contributed by atoms with van der Waals surface area (Å²) in [6, 6.07) is 10.2. The summed E-state index contributed by atoms with van der Waals surface area (Å²) in [5, 5.41) is 38.8. The molecule has 0 saturated carbocycles. The van der Waals surface area contributed by atoms with Gasteiger partial charge in [0.2, 0.25) is 35.4 Å². The van der Waals surface area contributed by atoms with Gasteiger partial charge in [-0.1, -0.05) is 119 Å². The minimum absolute atomic E-state index is 0.0563. The maximum atomic E-state index is 17.4. The Morgan fingerprint density at radius 3 is 1.83 bits per heavy atom. The van der Waals surface area contributed by atoms with Gasteiger partial charge in [-0.15, -0.1) is 0 Å². The number of Topliss-reactive ketones (excluding diaryl/α,β-unsaturated/α-hetero) is 1. The molecule has 0 aliphatic carbocycles. The maximum absolute atomic E-state index is 17.4. The molecule has 562 valence electrons. The number of unbranched alkanes of at least 4 members (excludes halogenated alkanes) is 2. The smallest absolute Gasteiger partial charge is 0.312 e. The van der Waals surface area contributed by atoms with Gasteiger partial charge in [0.1, 0.15) is 29.9 Å². The third-order valence-corrected chi connectivity index (χ3v) is 18.2. The zero-order valence-corrected chi connectivity index (χ0v) is 60.4. The molecule has 4 aromatic carbocycles. The van der Waals surface area contributed by atoms with Crippen LogP contribution in [0, 0.1) is 5.92 Å². The number of urea groups is 1. The maximum Gasteiger partial charge on any atom is 0.312 e. The van der Waals surface area contributed by atoms with E-state index in [1.807, 2.05) is 19.9 Å². The number of hydrogen-bond acceptors (Lipinski definition) is 20. The normalized spacial score (nSPS) is 15.8. The summed E-state index contributed by atoms with van der Waals surface area (Å²) < 4.78 is 0. The fourth-order valence-electron chi connectivity index (χ4n) is 12.4. The molecule has 12 amide bonds. The molecule has 0 radical (unpaired) electrons. The van der Waals surface area contributed by atoms with Gasteiger partial charge in [0.15, 0.2) is 11.3 Å². The second-order valence-corrected chi connectivity index (χ2v) is 27.6. The largest absolute Gasteiger partial charge is 0.508 e. The van der Waals surface area contributed by atoms with E-state index in [2.05, 4.69) is 36.9 Å². The lowest BCUT2D eigenvalue weighted by Gasteiger charge is -2.44. The van der Waals surface area contributed by atoms with Gasteiger partial charge in [0, 0.05) is 49.9 Å². The van der Waals surface area contributed by atoms with Crippen molar-refractivity contribution < 1.29 is 67.7 Å². The number of aliphatic hydroxyl groups is 1. The van der Waals surface area contributed by atoms with Crippen LogP contribution in [-0.4, -0.2) is 193 Å². The van der Waals surface area contributed by atoms with Crippen molar-refractivity contribution in [2.75, 3.05) is 26.2 Å². The molecular formula is C74H100ClN15O14. The van der Waals surface area contributed by atoms with Crippen LogP contribution in [-0.2, 0) is 78.4 Å². The third-order valence-electron chi connectivity index (χ3n) is 17.9. The number of nitrogens with zero attached hydrogens (tertiary/aromatic N) is 4. The molecule has 1 aliphatic rings. The molecule has 1 aliphatic heterocycles. The Hall–Kier alpha value is -9.62. The third kappa shape index (κ3) is 23.7. The number of likely N-dealkylation sites (tertiary alicyclic amines) is 1. The Morgan fingerprint density at radius 1 is 0.625 bits per heavy atom. The van der Waals surface area contributed by atoms with Gasteiger partial charge in [-0.25, -0.2) is 9.69 Å². The highest BCUT2D eigenvalue weighted by Crippen LogP contribution is 2.32. The molecule has 5 aromatic rings. The second kappa shape index (κ2) is 39.9. The number of aromatic nitrogens is 1. The Bertz CT molecular complexity index is 3810. The van der Waals surface area contributed by atoms with E-state index in [0.717, 1.165) is 24.1 Å². The van der Waals surface area contributed by atoms with Crippen molar-refractivity contribution in [3.63, 3.8) is 0 Å². The number of aromatic hydroxyl groups is 1. The van der Waals surface area contributed by atoms with Crippen molar-refractivity contribution in [1.82, 2.24) is 51.6 Å². The number of imide groups is 4. The summed E-state index contributed by atoms with van der Waals surface area (Å²) in [5.41, 5.74) is 29.3. The van der Waals surface area contributed by atoms with E-state index < -0.39 is 169 Å². The highest BCUT2D eigenvalue weighted by Gasteiger charge is 2.60. The van der Waals surface area contributed by atoms with E-state index in [9.17, 15) is 39.0 Å². The molecule has 104 heavy (non-hydrogen) atoms.